The third kappa shape index (κ3) is 4.19. The molecule has 144 valence electrons. The van der Waals surface area contributed by atoms with Crippen molar-refractivity contribution >= 4 is 15.7 Å². The van der Waals surface area contributed by atoms with Crippen LogP contribution < -0.4 is 9.88 Å². The molecule has 0 radical (unpaired) electrons. The van der Waals surface area contributed by atoms with Crippen LogP contribution in [0.4, 0.5) is 13.2 Å². The number of primary sulfonamides is 1. The maximum atomic E-state index is 13.0. The predicted molar refractivity (Wildman–Crippen MR) is 89.8 cm³/mol. The first-order valence-corrected chi connectivity index (χ1v) is 9.33. The number of aromatic nitrogens is 3. The first kappa shape index (κ1) is 19.1. The fourth-order valence-corrected chi connectivity index (χ4v) is 3.38. The highest BCUT2D eigenvalue weighted by molar-refractivity contribution is 7.89. The molecule has 7 nitrogen and oxygen atoms in total. The van der Waals surface area contributed by atoms with Crippen LogP contribution in [0.3, 0.4) is 0 Å². The Kier molecular flexibility index (Phi) is 4.82. The molecular formula is C16H15F3N4O3S. The maximum absolute atomic E-state index is 13.0. The second-order valence-corrected chi connectivity index (χ2v) is 7.22. The summed E-state index contributed by atoms with van der Waals surface area (Å²) in [7, 11) is -4.54. The van der Waals surface area contributed by atoms with E-state index in [1.54, 1.807) is 18.3 Å². The summed E-state index contributed by atoms with van der Waals surface area (Å²) in [4.78, 5) is 3.35. The molecule has 0 aliphatic rings. The van der Waals surface area contributed by atoms with Crippen LogP contribution in [-0.2, 0) is 22.6 Å². The summed E-state index contributed by atoms with van der Waals surface area (Å²) in [5.41, 5.74) is 0.0375. The summed E-state index contributed by atoms with van der Waals surface area (Å²) in [6.45, 7) is 2.26. The Morgan fingerprint density at radius 3 is 2.59 bits per heavy atom. The number of benzene rings is 1. The molecule has 0 aliphatic carbocycles. The smallest absolute Gasteiger partial charge is 0.417 e. The van der Waals surface area contributed by atoms with E-state index < -0.39 is 26.7 Å². The number of nitrogens with zero attached hydrogens (tertiary/aromatic N) is 3. The predicted octanol–water partition coefficient (Wildman–Crippen LogP) is 2.38. The van der Waals surface area contributed by atoms with Crippen molar-refractivity contribution in [2.45, 2.75) is 24.4 Å². The summed E-state index contributed by atoms with van der Waals surface area (Å²) in [5.74, 6) is 0.403. The third-order valence-corrected chi connectivity index (χ3v) is 4.63. The van der Waals surface area contributed by atoms with Crippen molar-refractivity contribution in [3.63, 3.8) is 0 Å². The first-order valence-electron chi connectivity index (χ1n) is 7.79. The molecule has 0 saturated carbocycles. The highest BCUT2D eigenvalue weighted by atomic mass is 32.2. The van der Waals surface area contributed by atoms with Gasteiger partial charge in [-0.3, -0.25) is 0 Å². The second kappa shape index (κ2) is 6.82. The number of nitrogens with two attached hydrogens (primary N) is 1. The van der Waals surface area contributed by atoms with E-state index in [4.69, 9.17) is 9.88 Å². The van der Waals surface area contributed by atoms with Crippen LogP contribution in [0.2, 0.25) is 0 Å². The quantitative estimate of drug-likeness (QED) is 0.709. The summed E-state index contributed by atoms with van der Waals surface area (Å²) in [6, 6.07) is 6.15. The molecule has 0 unspecified atom stereocenters. The normalized spacial score (nSPS) is 12.5. The van der Waals surface area contributed by atoms with E-state index >= 15 is 0 Å². The average molecular weight is 400 g/mol. The van der Waals surface area contributed by atoms with Gasteiger partial charge in [0.25, 0.3) is 0 Å². The number of halogens is 3. The van der Waals surface area contributed by atoms with E-state index in [0.29, 0.717) is 35.5 Å². The summed E-state index contributed by atoms with van der Waals surface area (Å²) in [5, 5.41) is 9.15. The number of fused-ring (bicyclic) bond motifs is 1. The molecule has 0 spiro atoms. The van der Waals surface area contributed by atoms with Gasteiger partial charge in [0.1, 0.15) is 0 Å². The molecule has 0 fully saturated rings. The number of hydrogen-bond donors (Lipinski definition) is 1. The zero-order valence-corrected chi connectivity index (χ0v) is 14.9. The molecule has 0 aliphatic heterocycles. The van der Waals surface area contributed by atoms with E-state index in [0.717, 1.165) is 6.07 Å². The third-order valence-electron chi connectivity index (χ3n) is 3.68. The Hall–Kier alpha value is -2.66. The van der Waals surface area contributed by atoms with E-state index in [1.165, 1.54) is 10.6 Å². The molecule has 0 bridgehead atoms. The average Bonchev–Trinajstić information content (AvgIpc) is 2.94. The lowest BCUT2D eigenvalue weighted by Crippen LogP contribution is -2.19. The van der Waals surface area contributed by atoms with Crippen molar-refractivity contribution in [1.29, 1.82) is 0 Å². The highest BCUT2D eigenvalue weighted by Gasteiger charge is 2.36. The summed E-state index contributed by atoms with van der Waals surface area (Å²) >= 11 is 0. The van der Waals surface area contributed by atoms with E-state index in [9.17, 15) is 21.6 Å². The lowest BCUT2D eigenvalue weighted by Gasteiger charge is -2.12. The van der Waals surface area contributed by atoms with Gasteiger partial charge in [-0.2, -0.15) is 13.2 Å². The van der Waals surface area contributed by atoms with Gasteiger partial charge in [-0.05, 0) is 30.7 Å². The van der Waals surface area contributed by atoms with Crippen molar-refractivity contribution in [2.75, 3.05) is 6.61 Å². The summed E-state index contributed by atoms with van der Waals surface area (Å²) < 4.78 is 69.0. The van der Waals surface area contributed by atoms with Crippen LogP contribution in [0.25, 0.3) is 5.65 Å². The molecule has 27 heavy (non-hydrogen) atoms. The highest BCUT2D eigenvalue weighted by Crippen LogP contribution is 2.34. The largest absolute Gasteiger partial charge is 0.477 e. The standard InChI is InChI=1S/C16H15F3N4O3S/c1-2-26-15-6-5-14-21-11(9-23(14)22-15)7-10-3-4-12(16(17,18)19)13(8-10)27(20,24)25/h3-6,8-9H,2,7H2,1H3,(H2,20,24,25). The van der Waals surface area contributed by atoms with Gasteiger partial charge in [0.2, 0.25) is 15.9 Å². The Morgan fingerprint density at radius 2 is 1.96 bits per heavy atom. The Morgan fingerprint density at radius 1 is 1.22 bits per heavy atom. The number of alkyl halides is 3. The van der Waals surface area contributed by atoms with Crippen LogP contribution in [0.1, 0.15) is 23.7 Å². The van der Waals surface area contributed by atoms with Gasteiger partial charge in [-0.1, -0.05) is 6.07 Å². The molecule has 2 heterocycles. The van der Waals surface area contributed by atoms with Crippen molar-refractivity contribution < 1.29 is 26.3 Å². The van der Waals surface area contributed by atoms with Crippen molar-refractivity contribution in [1.82, 2.24) is 14.6 Å². The van der Waals surface area contributed by atoms with Crippen molar-refractivity contribution in [3.8, 4) is 5.88 Å². The van der Waals surface area contributed by atoms with Crippen molar-refractivity contribution in [2.24, 2.45) is 5.14 Å². The van der Waals surface area contributed by atoms with Crippen LogP contribution >= 0.6 is 0 Å². The molecule has 2 N–H and O–H groups in total. The number of hydrogen-bond acceptors (Lipinski definition) is 5. The molecule has 1 aromatic carbocycles. The van der Waals surface area contributed by atoms with E-state index in [1.807, 2.05) is 6.92 Å². The number of ether oxygens (including phenoxy) is 1. The fourth-order valence-electron chi connectivity index (χ4n) is 2.58. The zero-order valence-electron chi connectivity index (χ0n) is 14.1. The molecule has 3 aromatic rings. The second-order valence-electron chi connectivity index (χ2n) is 5.69. The van der Waals surface area contributed by atoms with Crippen molar-refractivity contribution in [3.05, 3.63) is 53.3 Å². The molecule has 3 rings (SSSR count). The number of imidazole rings is 1. The molecular weight excluding hydrogens is 385 g/mol. The minimum Gasteiger partial charge on any atom is -0.477 e. The van der Waals surface area contributed by atoms with Gasteiger partial charge >= 0.3 is 6.18 Å². The molecule has 0 amide bonds. The minimum absolute atomic E-state index is 0.105. The first-order chi connectivity index (χ1) is 12.6. The fraction of sp³-hybridized carbons (Fsp3) is 0.250. The SMILES string of the molecule is CCOc1ccc2nc(Cc3ccc(C(F)(F)F)c(S(N)(=O)=O)c3)cn2n1. The molecule has 11 heteroatoms. The molecule has 2 aromatic heterocycles. The molecule has 0 saturated heterocycles. The lowest BCUT2D eigenvalue weighted by molar-refractivity contribution is -0.139. The van der Waals surface area contributed by atoms with E-state index in [-0.39, 0.29) is 6.42 Å². The number of rotatable bonds is 5. The monoisotopic (exact) mass is 400 g/mol. The minimum atomic E-state index is -4.83. The van der Waals surface area contributed by atoms with Gasteiger partial charge in [0.05, 0.1) is 29.0 Å². The van der Waals surface area contributed by atoms with Crippen LogP contribution in [0.5, 0.6) is 5.88 Å². The van der Waals surface area contributed by atoms with Gasteiger partial charge in [-0.25, -0.2) is 23.1 Å². The topological polar surface area (TPSA) is 99.6 Å². The number of sulfonamides is 1. The van der Waals surface area contributed by atoms with Gasteiger partial charge < -0.3 is 4.74 Å². The van der Waals surface area contributed by atoms with Crippen LogP contribution in [-0.4, -0.2) is 29.6 Å². The maximum Gasteiger partial charge on any atom is 0.417 e. The Labute approximate surface area is 152 Å². The zero-order chi connectivity index (χ0) is 19.8. The van der Waals surface area contributed by atoms with Gasteiger partial charge in [-0.15, -0.1) is 5.10 Å². The van der Waals surface area contributed by atoms with Crippen LogP contribution in [0, 0.1) is 0 Å². The molecule has 0 atom stereocenters. The van der Waals surface area contributed by atoms with Gasteiger partial charge in [0.15, 0.2) is 5.65 Å². The van der Waals surface area contributed by atoms with E-state index in [2.05, 4.69) is 10.1 Å². The lowest BCUT2D eigenvalue weighted by atomic mass is 10.1. The Balaban J connectivity index is 1.97. The summed E-state index contributed by atoms with van der Waals surface area (Å²) in [6.07, 6.45) is -3.14. The van der Waals surface area contributed by atoms with Gasteiger partial charge in [0, 0.05) is 12.5 Å². The Bertz CT molecular complexity index is 1090. The van der Waals surface area contributed by atoms with Crippen LogP contribution in [0.15, 0.2) is 41.4 Å².